The molecule has 7 heteroatoms. The van der Waals surface area contributed by atoms with Crippen molar-refractivity contribution in [2.24, 2.45) is 0 Å². The van der Waals surface area contributed by atoms with Crippen LogP contribution in [0.5, 0.6) is 5.75 Å². The van der Waals surface area contributed by atoms with Gasteiger partial charge in [-0.2, -0.15) is 0 Å². The molecule has 0 heterocycles. The molecular weight excluding hydrogens is 356 g/mol. The summed E-state index contributed by atoms with van der Waals surface area (Å²) in [7, 11) is 1.48. The third kappa shape index (κ3) is 4.67. The average molecular weight is 377 g/mol. The van der Waals surface area contributed by atoms with Gasteiger partial charge in [0.05, 0.1) is 18.4 Å². The van der Waals surface area contributed by atoms with Gasteiger partial charge in [-0.1, -0.05) is 24.6 Å². The summed E-state index contributed by atoms with van der Waals surface area (Å²) in [6, 6.07) is 9.70. The van der Waals surface area contributed by atoms with Crippen LogP contribution >= 0.6 is 11.6 Å². The number of amides is 1. The number of anilines is 2. The summed E-state index contributed by atoms with van der Waals surface area (Å²) in [5.41, 5.74) is 7.64. The Bertz CT molecular complexity index is 823. The van der Waals surface area contributed by atoms with Crippen molar-refractivity contribution in [3.63, 3.8) is 0 Å². The van der Waals surface area contributed by atoms with Gasteiger partial charge in [0.2, 0.25) is 0 Å². The minimum absolute atomic E-state index is 0.288. The second kappa shape index (κ2) is 8.58. The number of halogens is 1. The number of nitrogens with one attached hydrogen (secondary N) is 1. The molecule has 0 radical (unpaired) electrons. The Kier molecular flexibility index (Phi) is 6.46. The first-order chi connectivity index (χ1) is 12.3. The lowest BCUT2D eigenvalue weighted by molar-refractivity contribution is -0.124. The number of esters is 1. The highest BCUT2D eigenvalue weighted by atomic mass is 35.5. The molecule has 3 N–H and O–H groups in total. The molecule has 0 aliphatic carbocycles. The first-order valence-electron chi connectivity index (χ1n) is 8.07. The SMILES string of the molecule is CCC(OC(=O)c1cccc(N)c1)C(=O)Nc1cc(C)c(Cl)cc1OC. The summed E-state index contributed by atoms with van der Waals surface area (Å²) in [6.45, 7) is 3.57. The topological polar surface area (TPSA) is 90.7 Å². The lowest BCUT2D eigenvalue weighted by Crippen LogP contribution is -2.32. The quantitative estimate of drug-likeness (QED) is 0.590. The fraction of sp³-hybridized carbons (Fsp3) is 0.263. The van der Waals surface area contributed by atoms with Crippen molar-refractivity contribution in [3.05, 3.63) is 52.5 Å². The highest BCUT2D eigenvalue weighted by molar-refractivity contribution is 6.31. The van der Waals surface area contributed by atoms with E-state index in [1.54, 1.807) is 37.3 Å². The van der Waals surface area contributed by atoms with Crippen molar-refractivity contribution < 1.29 is 19.1 Å². The first-order valence-corrected chi connectivity index (χ1v) is 8.45. The summed E-state index contributed by atoms with van der Waals surface area (Å²) < 4.78 is 10.6. The Hall–Kier alpha value is -2.73. The maximum Gasteiger partial charge on any atom is 0.338 e. The normalized spacial score (nSPS) is 11.5. The maximum atomic E-state index is 12.5. The van der Waals surface area contributed by atoms with Crippen molar-refractivity contribution in [1.82, 2.24) is 0 Å². The molecule has 0 spiro atoms. The zero-order chi connectivity index (χ0) is 19.3. The number of carbonyl (C=O) groups is 2. The number of hydrogen-bond acceptors (Lipinski definition) is 5. The van der Waals surface area contributed by atoms with E-state index in [0.717, 1.165) is 5.56 Å². The van der Waals surface area contributed by atoms with E-state index in [1.807, 2.05) is 6.92 Å². The fourth-order valence-corrected chi connectivity index (χ4v) is 2.48. The number of methoxy groups -OCH3 is 1. The zero-order valence-corrected chi connectivity index (χ0v) is 15.6. The lowest BCUT2D eigenvalue weighted by atomic mass is 10.1. The molecular formula is C19H21ClN2O4. The van der Waals surface area contributed by atoms with E-state index in [2.05, 4.69) is 5.32 Å². The van der Waals surface area contributed by atoms with E-state index in [4.69, 9.17) is 26.8 Å². The van der Waals surface area contributed by atoms with E-state index >= 15 is 0 Å². The summed E-state index contributed by atoms with van der Waals surface area (Å²) in [4.78, 5) is 24.8. The molecule has 138 valence electrons. The number of aryl methyl sites for hydroxylation is 1. The van der Waals surface area contributed by atoms with Crippen LogP contribution < -0.4 is 15.8 Å². The molecule has 2 rings (SSSR count). The molecule has 26 heavy (non-hydrogen) atoms. The van der Waals surface area contributed by atoms with Gasteiger partial charge in [0.1, 0.15) is 5.75 Å². The molecule has 1 atom stereocenters. The number of carbonyl (C=O) groups excluding carboxylic acids is 2. The van der Waals surface area contributed by atoms with Crippen LogP contribution in [-0.2, 0) is 9.53 Å². The van der Waals surface area contributed by atoms with Crippen molar-refractivity contribution in [3.8, 4) is 5.75 Å². The highest BCUT2D eigenvalue weighted by Crippen LogP contribution is 2.31. The Labute approximate surface area is 157 Å². The molecule has 0 bridgehead atoms. The molecule has 0 saturated carbocycles. The van der Waals surface area contributed by atoms with Crippen LogP contribution in [0.1, 0.15) is 29.3 Å². The minimum Gasteiger partial charge on any atom is -0.495 e. The summed E-state index contributed by atoms with van der Waals surface area (Å²) in [5.74, 6) is -0.644. The van der Waals surface area contributed by atoms with Gasteiger partial charge < -0.3 is 20.5 Å². The third-order valence-corrected chi connectivity index (χ3v) is 4.18. The Balaban J connectivity index is 2.14. The number of rotatable bonds is 6. The molecule has 2 aromatic rings. The van der Waals surface area contributed by atoms with E-state index in [1.165, 1.54) is 13.2 Å². The van der Waals surface area contributed by atoms with Crippen molar-refractivity contribution in [2.45, 2.75) is 26.4 Å². The van der Waals surface area contributed by atoms with E-state index in [-0.39, 0.29) is 5.56 Å². The summed E-state index contributed by atoms with van der Waals surface area (Å²) in [5, 5.41) is 3.25. The predicted molar refractivity (Wildman–Crippen MR) is 102 cm³/mol. The largest absolute Gasteiger partial charge is 0.495 e. The maximum absolute atomic E-state index is 12.5. The van der Waals surface area contributed by atoms with Gasteiger partial charge in [-0.25, -0.2) is 4.79 Å². The van der Waals surface area contributed by atoms with Gasteiger partial charge >= 0.3 is 5.97 Å². The third-order valence-electron chi connectivity index (χ3n) is 3.77. The fourth-order valence-electron chi connectivity index (χ4n) is 2.33. The second-order valence-corrected chi connectivity index (χ2v) is 6.13. The number of hydrogen-bond donors (Lipinski definition) is 2. The van der Waals surface area contributed by atoms with E-state index in [9.17, 15) is 9.59 Å². The molecule has 0 aromatic heterocycles. The van der Waals surface area contributed by atoms with Gasteiger partial charge in [-0.05, 0) is 43.2 Å². The van der Waals surface area contributed by atoms with Crippen molar-refractivity contribution in [2.75, 3.05) is 18.2 Å². The van der Waals surface area contributed by atoms with Crippen LogP contribution in [0.3, 0.4) is 0 Å². The number of benzene rings is 2. The molecule has 0 fully saturated rings. The second-order valence-electron chi connectivity index (χ2n) is 5.72. The Morgan fingerprint density at radius 3 is 2.62 bits per heavy atom. The molecule has 0 saturated heterocycles. The van der Waals surface area contributed by atoms with Crippen LogP contribution in [0, 0.1) is 6.92 Å². The molecule has 0 aliphatic heterocycles. The molecule has 1 amide bonds. The highest BCUT2D eigenvalue weighted by Gasteiger charge is 2.23. The standard InChI is InChI=1S/C19H21ClN2O4/c1-4-16(26-19(24)12-6-5-7-13(21)9-12)18(23)22-15-8-11(2)14(20)10-17(15)25-3/h5-10,16H,4,21H2,1-3H3,(H,22,23). The minimum atomic E-state index is -0.954. The van der Waals surface area contributed by atoms with Crippen LogP contribution in [0.4, 0.5) is 11.4 Å². The van der Waals surface area contributed by atoms with Gasteiger partial charge in [0, 0.05) is 16.8 Å². The average Bonchev–Trinajstić information content (AvgIpc) is 2.62. The molecule has 2 aromatic carbocycles. The van der Waals surface area contributed by atoms with Crippen LogP contribution in [0.2, 0.25) is 5.02 Å². The number of nitrogens with two attached hydrogens (primary N) is 1. The molecule has 6 nitrogen and oxygen atoms in total. The van der Waals surface area contributed by atoms with Gasteiger partial charge in [-0.3, -0.25) is 4.79 Å². The summed E-state index contributed by atoms with van der Waals surface area (Å²) >= 11 is 6.07. The smallest absolute Gasteiger partial charge is 0.338 e. The van der Waals surface area contributed by atoms with Crippen LogP contribution in [-0.4, -0.2) is 25.1 Å². The molecule has 0 aliphatic rings. The van der Waals surface area contributed by atoms with Crippen molar-refractivity contribution in [1.29, 1.82) is 0 Å². The van der Waals surface area contributed by atoms with Gasteiger partial charge in [0.15, 0.2) is 6.10 Å². The van der Waals surface area contributed by atoms with Gasteiger partial charge in [-0.15, -0.1) is 0 Å². The zero-order valence-electron chi connectivity index (χ0n) is 14.8. The van der Waals surface area contributed by atoms with E-state index < -0.39 is 18.0 Å². The van der Waals surface area contributed by atoms with Crippen LogP contribution in [0.15, 0.2) is 36.4 Å². The summed E-state index contributed by atoms with van der Waals surface area (Å²) in [6.07, 6.45) is -0.640. The lowest BCUT2D eigenvalue weighted by Gasteiger charge is -2.18. The monoisotopic (exact) mass is 376 g/mol. The number of nitrogen functional groups attached to an aromatic ring is 1. The van der Waals surface area contributed by atoms with Gasteiger partial charge in [0.25, 0.3) is 5.91 Å². The van der Waals surface area contributed by atoms with E-state index in [0.29, 0.717) is 28.6 Å². The number of ether oxygens (including phenoxy) is 2. The predicted octanol–water partition coefficient (Wildman–Crippen LogP) is 3.81. The molecule has 1 unspecified atom stereocenters. The Morgan fingerprint density at radius 2 is 2.00 bits per heavy atom. The Morgan fingerprint density at radius 1 is 1.27 bits per heavy atom. The van der Waals surface area contributed by atoms with Crippen LogP contribution in [0.25, 0.3) is 0 Å². The van der Waals surface area contributed by atoms with Crippen molar-refractivity contribution >= 4 is 34.9 Å². The first kappa shape index (κ1) is 19.6.